The molecule has 1 aromatic carbocycles. The summed E-state index contributed by atoms with van der Waals surface area (Å²) in [5.74, 6) is -0.495. The fourth-order valence-electron chi connectivity index (χ4n) is 2.59. The van der Waals surface area contributed by atoms with Crippen LogP contribution in [0.5, 0.6) is 5.75 Å². The summed E-state index contributed by atoms with van der Waals surface area (Å²) in [5.41, 5.74) is 0.884. The van der Waals surface area contributed by atoms with E-state index in [4.69, 9.17) is 9.84 Å². The van der Waals surface area contributed by atoms with Gasteiger partial charge >= 0.3 is 5.97 Å². The molecule has 22 heavy (non-hydrogen) atoms. The molecule has 0 atom stereocenters. The van der Waals surface area contributed by atoms with E-state index in [1.807, 2.05) is 31.2 Å². The molecule has 0 spiro atoms. The molecule has 0 bridgehead atoms. The van der Waals surface area contributed by atoms with Crippen LogP contribution in [0, 0.1) is 0 Å². The standard InChI is InChI=1S/C17H17NO4/c1-2-22-15-6-4-3-5-12(15)14-10-9-13(17(20)21)16(19)18(14)11-7-8-11/h3-6,9-11H,2,7-8H2,1H3,(H,20,21). The minimum Gasteiger partial charge on any atom is -0.493 e. The average molecular weight is 299 g/mol. The Morgan fingerprint density at radius 1 is 1.27 bits per heavy atom. The van der Waals surface area contributed by atoms with Crippen LogP contribution in [0.1, 0.15) is 36.2 Å². The number of carbonyl (C=O) groups is 1. The lowest BCUT2D eigenvalue weighted by molar-refractivity contribution is 0.0694. The highest BCUT2D eigenvalue weighted by atomic mass is 16.5. The zero-order chi connectivity index (χ0) is 15.7. The van der Waals surface area contributed by atoms with Crippen LogP contribution in [-0.4, -0.2) is 22.2 Å². The van der Waals surface area contributed by atoms with E-state index in [0.717, 1.165) is 18.4 Å². The number of aromatic carboxylic acids is 1. The van der Waals surface area contributed by atoms with Crippen molar-refractivity contribution < 1.29 is 14.6 Å². The number of aromatic nitrogens is 1. The van der Waals surface area contributed by atoms with Crippen LogP contribution in [0.4, 0.5) is 0 Å². The van der Waals surface area contributed by atoms with Crippen molar-refractivity contribution in [1.29, 1.82) is 0 Å². The molecule has 5 nitrogen and oxygen atoms in total. The lowest BCUT2D eigenvalue weighted by Gasteiger charge is -2.16. The third-order valence-electron chi connectivity index (χ3n) is 3.72. The second-order valence-electron chi connectivity index (χ2n) is 5.27. The quantitative estimate of drug-likeness (QED) is 0.921. The molecule has 0 aliphatic heterocycles. The molecule has 1 N–H and O–H groups in total. The van der Waals surface area contributed by atoms with Gasteiger partial charge in [0.15, 0.2) is 0 Å². The molecule has 1 heterocycles. The summed E-state index contributed by atoms with van der Waals surface area (Å²) >= 11 is 0. The summed E-state index contributed by atoms with van der Waals surface area (Å²) in [5, 5.41) is 9.15. The highest BCUT2D eigenvalue weighted by molar-refractivity contribution is 5.87. The second-order valence-corrected chi connectivity index (χ2v) is 5.27. The van der Waals surface area contributed by atoms with Crippen molar-refractivity contribution in [2.24, 2.45) is 0 Å². The van der Waals surface area contributed by atoms with Crippen LogP contribution in [0.3, 0.4) is 0 Å². The van der Waals surface area contributed by atoms with E-state index in [1.54, 1.807) is 10.6 Å². The Morgan fingerprint density at radius 2 is 2.00 bits per heavy atom. The Bertz CT molecular complexity index is 774. The van der Waals surface area contributed by atoms with Crippen molar-refractivity contribution in [3.8, 4) is 17.0 Å². The van der Waals surface area contributed by atoms with E-state index in [-0.39, 0.29) is 11.6 Å². The van der Waals surface area contributed by atoms with Crippen LogP contribution in [0.25, 0.3) is 11.3 Å². The zero-order valence-corrected chi connectivity index (χ0v) is 12.3. The number of benzene rings is 1. The third kappa shape index (κ3) is 2.50. The highest BCUT2D eigenvalue weighted by Gasteiger charge is 2.29. The average Bonchev–Trinajstić information content (AvgIpc) is 3.32. The maximum atomic E-state index is 12.5. The van der Waals surface area contributed by atoms with E-state index >= 15 is 0 Å². The van der Waals surface area contributed by atoms with Crippen molar-refractivity contribution in [2.45, 2.75) is 25.8 Å². The number of carboxylic acids is 1. The zero-order valence-electron chi connectivity index (χ0n) is 12.3. The SMILES string of the molecule is CCOc1ccccc1-c1ccc(C(=O)O)c(=O)n1C1CC1. The van der Waals surface area contributed by atoms with Gasteiger partial charge in [0.1, 0.15) is 11.3 Å². The van der Waals surface area contributed by atoms with Gasteiger partial charge in [0.05, 0.1) is 12.3 Å². The van der Waals surface area contributed by atoms with Gasteiger partial charge in [0, 0.05) is 11.6 Å². The highest BCUT2D eigenvalue weighted by Crippen LogP contribution is 2.39. The molecule has 114 valence electrons. The molecule has 1 aliphatic rings. The minimum absolute atomic E-state index is 0.0801. The Kier molecular flexibility index (Phi) is 3.71. The van der Waals surface area contributed by atoms with Crippen molar-refractivity contribution in [3.05, 3.63) is 52.3 Å². The summed E-state index contributed by atoms with van der Waals surface area (Å²) < 4.78 is 7.23. The van der Waals surface area contributed by atoms with Gasteiger partial charge in [-0.1, -0.05) is 12.1 Å². The number of rotatable bonds is 5. The molecule has 1 aliphatic carbocycles. The van der Waals surface area contributed by atoms with E-state index in [9.17, 15) is 9.59 Å². The molecule has 0 saturated heterocycles. The molecular formula is C17H17NO4. The topological polar surface area (TPSA) is 68.5 Å². The second kappa shape index (κ2) is 5.67. The fraction of sp³-hybridized carbons (Fsp3) is 0.294. The fourth-order valence-corrected chi connectivity index (χ4v) is 2.59. The molecule has 1 aromatic heterocycles. The van der Waals surface area contributed by atoms with Gasteiger partial charge < -0.3 is 14.4 Å². The molecule has 0 amide bonds. The molecule has 1 fully saturated rings. The summed E-state index contributed by atoms with van der Waals surface area (Å²) in [6.07, 6.45) is 1.79. The first-order chi connectivity index (χ1) is 10.6. The van der Waals surface area contributed by atoms with Crippen molar-refractivity contribution in [3.63, 3.8) is 0 Å². The van der Waals surface area contributed by atoms with Gasteiger partial charge in [-0.2, -0.15) is 0 Å². The lowest BCUT2D eigenvalue weighted by atomic mass is 10.1. The predicted molar refractivity (Wildman–Crippen MR) is 82.5 cm³/mol. The Labute approximate surface area is 127 Å². The van der Waals surface area contributed by atoms with Crippen LogP contribution < -0.4 is 10.3 Å². The molecule has 0 unspecified atom stereocenters. The van der Waals surface area contributed by atoms with Crippen LogP contribution in [0.2, 0.25) is 0 Å². The van der Waals surface area contributed by atoms with E-state index in [0.29, 0.717) is 18.1 Å². The predicted octanol–water partition coefficient (Wildman–Crippen LogP) is 2.95. The first kappa shape index (κ1) is 14.4. The van der Waals surface area contributed by atoms with Gasteiger partial charge in [-0.15, -0.1) is 0 Å². The molecule has 1 saturated carbocycles. The van der Waals surface area contributed by atoms with Crippen molar-refractivity contribution >= 4 is 5.97 Å². The van der Waals surface area contributed by atoms with Crippen molar-refractivity contribution in [2.75, 3.05) is 6.61 Å². The van der Waals surface area contributed by atoms with Crippen LogP contribution in [0.15, 0.2) is 41.2 Å². The number of hydrogen-bond acceptors (Lipinski definition) is 3. The monoisotopic (exact) mass is 299 g/mol. The number of hydrogen-bond donors (Lipinski definition) is 1. The number of para-hydroxylation sites is 1. The minimum atomic E-state index is -1.19. The van der Waals surface area contributed by atoms with E-state index in [2.05, 4.69) is 0 Å². The summed E-state index contributed by atoms with van der Waals surface area (Å²) in [6, 6.07) is 10.6. The Morgan fingerprint density at radius 3 is 2.64 bits per heavy atom. The molecule has 5 heteroatoms. The van der Waals surface area contributed by atoms with Gasteiger partial charge in [-0.3, -0.25) is 4.79 Å². The summed E-state index contributed by atoms with van der Waals surface area (Å²) in [7, 11) is 0. The van der Waals surface area contributed by atoms with Crippen molar-refractivity contribution in [1.82, 2.24) is 4.57 Å². The molecule has 0 radical (unpaired) electrons. The lowest BCUT2D eigenvalue weighted by Crippen LogP contribution is -2.26. The van der Waals surface area contributed by atoms with Gasteiger partial charge in [-0.05, 0) is 44.0 Å². The summed E-state index contributed by atoms with van der Waals surface area (Å²) in [4.78, 5) is 23.7. The normalized spacial score (nSPS) is 13.9. The van der Waals surface area contributed by atoms with Gasteiger partial charge in [-0.25, -0.2) is 4.79 Å². The Hall–Kier alpha value is -2.56. The maximum Gasteiger partial charge on any atom is 0.341 e. The van der Waals surface area contributed by atoms with Gasteiger partial charge in [0.2, 0.25) is 0 Å². The first-order valence-corrected chi connectivity index (χ1v) is 7.34. The largest absolute Gasteiger partial charge is 0.493 e. The number of ether oxygens (including phenoxy) is 1. The third-order valence-corrected chi connectivity index (χ3v) is 3.72. The summed E-state index contributed by atoms with van der Waals surface area (Å²) in [6.45, 7) is 2.43. The Balaban J connectivity index is 2.22. The first-order valence-electron chi connectivity index (χ1n) is 7.34. The number of carboxylic acid groups (broad SMARTS) is 1. The van der Waals surface area contributed by atoms with Crippen LogP contribution in [-0.2, 0) is 0 Å². The van der Waals surface area contributed by atoms with Crippen LogP contribution >= 0.6 is 0 Å². The molecular weight excluding hydrogens is 282 g/mol. The molecule has 3 rings (SSSR count). The van der Waals surface area contributed by atoms with E-state index < -0.39 is 11.5 Å². The maximum absolute atomic E-state index is 12.5. The van der Waals surface area contributed by atoms with Gasteiger partial charge in [0.25, 0.3) is 5.56 Å². The molecule has 2 aromatic rings. The number of nitrogens with zero attached hydrogens (tertiary/aromatic N) is 1. The van der Waals surface area contributed by atoms with E-state index in [1.165, 1.54) is 6.07 Å². The number of pyridine rings is 1. The smallest absolute Gasteiger partial charge is 0.341 e.